The Morgan fingerprint density at radius 2 is 1.88 bits per heavy atom. The van der Waals surface area contributed by atoms with Crippen LogP contribution in [0.4, 0.5) is 4.39 Å². The van der Waals surface area contributed by atoms with Crippen LogP contribution in [0.25, 0.3) is 0 Å². The Labute approximate surface area is 238 Å². The fourth-order valence-electron chi connectivity index (χ4n) is 6.02. The molecule has 3 saturated carbocycles. The van der Waals surface area contributed by atoms with Crippen LogP contribution in [0.1, 0.15) is 63.4 Å². The van der Waals surface area contributed by atoms with Crippen LogP contribution in [0.15, 0.2) is 24.3 Å². The molecule has 2 heterocycles. The lowest BCUT2D eigenvalue weighted by molar-refractivity contribution is -0.148. The molecule has 0 bridgehead atoms. The van der Waals surface area contributed by atoms with Gasteiger partial charge in [-0.25, -0.2) is 4.39 Å². The summed E-state index contributed by atoms with van der Waals surface area (Å²) in [5.41, 5.74) is -2.54. The Hall–Kier alpha value is -3.68. The Bertz CT molecular complexity index is 1300. The van der Waals surface area contributed by atoms with E-state index in [0.29, 0.717) is 18.6 Å². The van der Waals surface area contributed by atoms with Gasteiger partial charge < -0.3 is 25.2 Å². The molecule has 2 N–H and O–H groups in total. The lowest BCUT2D eigenvalue weighted by Gasteiger charge is -2.34. The number of nitriles is 1. The normalized spacial score (nSPS) is 27.4. The second kappa shape index (κ2) is 10.3. The van der Waals surface area contributed by atoms with Gasteiger partial charge in [0, 0.05) is 25.6 Å². The number of halogens is 1. The molecule has 0 aromatic heterocycles. The molecule has 6 rings (SSSR count). The second-order valence-corrected chi connectivity index (χ2v) is 12.5. The Kier molecular flexibility index (Phi) is 6.91. The first-order valence-electron chi connectivity index (χ1n) is 14.6. The van der Waals surface area contributed by atoms with Gasteiger partial charge in [0.2, 0.25) is 17.4 Å². The zero-order chi connectivity index (χ0) is 28.9. The third-order valence-electron chi connectivity index (χ3n) is 9.21. The van der Waals surface area contributed by atoms with E-state index < -0.39 is 47.1 Å². The standard InChI is InChI=1S/C30H36FN5O5/c1-35(25(37)22(12-18-6-7-18)34-27(39)29(31)10-11-29)23(13-19-8-9-19)26(38)36-17-30(14-21(36)15-32)28(40)33-16-20-4-2-3-5-24(20)41-30/h2-5,18-19,21-23H,6-14,16-17H2,1H3,(H,33,40)(H,34,39)/t21-,22-,23-,30+/m0/s1. The van der Waals surface area contributed by atoms with Crippen LogP contribution in [-0.4, -0.2) is 76.4 Å². The van der Waals surface area contributed by atoms with Gasteiger partial charge in [-0.15, -0.1) is 0 Å². The van der Waals surface area contributed by atoms with Crippen molar-refractivity contribution < 1.29 is 28.3 Å². The number of nitrogens with one attached hydrogen (secondary N) is 2. The molecule has 1 saturated heterocycles. The van der Waals surface area contributed by atoms with E-state index in [1.165, 1.54) is 9.80 Å². The molecule has 4 atom stereocenters. The van der Waals surface area contributed by atoms with Gasteiger partial charge in [0.05, 0.1) is 12.6 Å². The summed E-state index contributed by atoms with van der Waals surface area (Å²) in [5.74, 6) is -0.951. The van der Waals surface area contributed by atoms with E-state index in [2.05, 4.69) is 16.7 Å². The number of rotatable bonds is 9. The molecule has 11 heteroatoms. The highest BCUT2D eigenvalue weighted by Crippen LogP contribution is 2.42. The van der Waals surface area contributed by atoms with E-state index in [-0.39, 0.29) is 50.1 Å². The first-order valence-corrected chi connectivity index (χ1v) is 14.6. The first-order chi connectivity index (χ1) is 19.6. The molecule has 0 radical (unpaired) electrons. The molecule has 2 aliphatic heterocycles. The van der Waals surface area contributed by atoms with Gasteiger partial charge in [0.15, 0.2) is 5.67 Å². The van der Waals surface area contributed by atoms with Crippen LogP contribution in [0, 0.1) is 23.2 Å². The summed E-state index contributed by atoms with van der Waals surface area (Å²) < 4.78 is 20.7. The molecule has 41 heavy (non-hydrogen) atoms. The summed E-state index contributed by atoms with van der Waals surface area (Å²) in [6.45, 7) is 0.151. The highest BCUT2D eigenvalue weighted by Gasteiger charge is 2.56. The number of hydrogen-bond donors (Lipinski definition) is 2. The van der Waals surface area contributed by atoms with Crippen molar-refractivity contribution in [3.8, 4) is 11.8 Å². The predicted octanol–water partition coefficient (Wildman–Crippen LogP) is 1.97. The van der Waals surface area contributed by atoms with E-state index in [1.807, 2.05) is 12.1 Å². The lowest BCUT2D eigenvalue weighted by Crippen LogP contribution is -2.57. The third kappa shape index (κ3) is 5.48. The summed E-state index contributed by atoms with van der Waals surface area (Å²) in [6.07, 6.45) is 4.87. The molecule has 1 aromatic rings. The molecule has 4 amide bonds. The lowest BCUT2D eigenvalue weighted by atomic mass is 9.99. The Balaban J connectivity index is 1.23. The fraction of sp³-hybridized carbons (Fsp3) is 0.633. The van der Waals surface area contributed by atoms with Crippen LogP contribution < -0.4 is 15.4 Å². The van der Waals surface area contributed by atoms with Gasteiger partial charge in [-0.05, 0) is 43.6 Å². The van der Waals surface area contributed by atoms with Gasteiger partial charge in [-0.1, -0.05) is 43.9 Å². The number of para-hydroxylation sites is 1. The van der Waals surface area contributed by atoms with Crippen molar-refractivity contribution in [2.45, 2.75) is 93.7 Å². The van der Waals surface area contributed by atoms with Crippen molar-refractivity contribution in [2.75, 3.05) is 13.6 Å². The molecular formula is C30H36FN5O5. The van der Waals surface area contributed by atoms with E-state index >= 15 is 0 Å². The maximum absolute atomic E-state index is 14.5. The van der Waals surface area contributed by atoms with Crippen LogP contribution >= 0.6 is 0 Å². The van der Waals surface area contributed by atoms with E-state index in [4.69, 9.17) is 4.74 Å². The van der Waals surface area contributed by atoms with Gasteiger partial charge in [0.1, 0.15) is 23.9 Å². The van der Waals surface area contributed by atoms with Crippen molar-refractivity contribution in [1.29, 1.82) is 5.26 Å². The molecule has 1 spiro atoms. The fourth-order valence-corrected chi connectivity index (χ4v) is 6.02. The molecule has 1 aromatic carbocycles. The highest BCUT2D eigenvalue weighted by atomic mass is 19.1. The summed E-state index contributed by atoms with van der Waals surface area (Å²) >= 11 is 0. The number of ether oxygens (including phenoxy) is 1. The first kappa shape index (κ1) is 27.5. The molecule has 5 aliphatic rings. The minimum Gasteiger partial charge on any atom is -0.475 e. The van der Waals surface area contributed by atoms with Crippen molar-refractivity contribution in [3.63, 3.8) is 0 Å². The van der Waals surface area contributed by atoms with Gasteiger partial charge in [-0.3, -0.25) is 19.2 Å². The summed E-state index contributed by atoms with van der Waals surface area (Å²) in [7, 11) is 1.54. The molecule has 10 nitrogen and oxygen atoms in total. The van der Waals surface area contributed by atoms with Gasteiger partial charge >= 0.3 is 0 Å². The maximum atomic E-state index is 14.5. The molecule has 218 valence electrons. The molecular weight excluding hydrogens is 529 g/mol. The summed E-state index contributed by atoms with van der Waals surface area (Å²) in [4.78, 5) is 56.6. The van der Waals surface area contributed by atoms with Crippen LogP contribution in [0.3, 0.4) is 0 Å². The number of likely N-dealkylation sites (N-methyl/N-ethyl adjacent to an activating group) is 1. The summed E-state index contributed by atoms with van der Waals surface area (Å²) in [5, 5.41) is 15.6. The van der Waals surface area contributed by atoms with Crippen molar-refractivity contribution >= 4 is 23.6 Å². The number of hydrogen-bond acceptors (Lipinski definition) is 6. The number of likely N-dealkylation sites (tertiary alicyclic amines) is 1. The molecule has 0 unspecified atom stereocenters. The third-order valence-corrected chi connectivity index (χ3v) is 9.21. The molecule has 3 aliphatic carbocycles. The number of carbonyl (C=O) groups is 4. The van der Waals surface area contributed by atoms with E-state index in [0.717, 1.165) is 31.2 Å². The zero-order valence-corrected chi connectivity index (χ0v) is 23.2. The summed E-state index contributed by atoms with van der Waals surface area (Å²) in [6, 6.07) is 6.71. The highest BCUT2D eigenvalue weighted by molar-refractivity contribution is 5.96. The van der Waals surface area contributed by atoms with Gasteiger partial charge in [0.25, 0.3) is 11.8 Å². The number of fused-ring (bicyclic) bond motifs is 1. The van der Waals surface area contributed by atoms with E-state index in [1.54, 1.807) is 19.2 Å². The topological polar surface area (TPSA) is 132 Å². The average molecular weight is 566 g/mol. The number of carbonyl (C=O) groups excluding carboxylic acids is 4. The monoisotopic (exact) mass is 565 g/mol. The number of benzene rings is 1. The van der Waals surface area contributed by atoms with Crippen LogP contribution in [0.2, 0.25) is 0 Å². The van der Waals surface area contributed by atoms with Crippen molar-refractivity contribution in [1.82, 2.24) is 20.4 Å². The number of amides is 4. The van der Waals surface area contributed by atoms with Crippen LogP contribution in [-0.2, 0) is 25.7 Å². The maximum Gasteiger partial charge on any atom is 0.266 e. The predicted molar refractivity (Wildman–Crippen MR) is 144 cm³/mol. The number of alkyl halides is 1. The minimum absolute atomic E-state index is 0.00214. The van der Waals surface area contributed by atoms with Crippen molar-refractivity contribution in [2.24, 2.45) is 11.8 Å². The van der Waals surface area contributed by atoms with E-state index in [9.17, 15) is 28.8 Å². The Morgan fingerprint density at radius 3 is 2.54 bits per heavy atom. The Morgan fingerprint density at radius 1 is 1.20 bits per heavy atom. The average Bonchev–Trinajstić information content (AvgIpc) is 3.85. The number of nitrogens with zero attached hydrogens (tertiary/aromatic N) is 3. The largest absolute Gasteiger partial charge is 0.475 e. The van der Waals surface area contributed by atoms with Gasteiger partial charge in [-0.2, -0.15) is 5.26 Å². The van der Waals surface area contributed by atoms with Crippen molar-refractivity contribution in [3.05, 3.63) is 29.8 Å². The smallest absolute Gasteiger partial charge is 0.266 e. The molecule has 4 fully saturated rings. The minimum atomic E-state index is -1.91. The second-order valence-electron chi connectivity index (χ2n) is 12.5. The van der Waals surface area contributed by atoms with Crippen LogP contribution in [0.5, 0.6) is 5.75 Å². The quantitative estimate of drug-likeness (QED) is 0.471. The SMILES string of the molecule is CN(C(=O)[C@H](CC1CC1)NC(=O)C1(F)CC1)[C@@H](CC1CC1)C(=O)N1C[C@@]2(C[C@H]1C#N)Oc1ccccc1CNC2=O. The zero-order valence-electron chi connectivity index (χ0n) is 23.2.